The Hall–Kier alpha value is -2.76. The summed E-state index contributed by atoms with van der Waals surface area (Å²) < 4.78 is 0. The molecule has 1 aliphatic heterocycles. The van der Waals surface area contributed by atoms with E-state index in [1.54, 1.807) is 11.6 Å². The van der Waals surface area contributed by atoms with Crippen LogP contribution in [0.25, 0.3) is 6.08 Å². The Morgan fingerprint density at radius 2 is 1.96 bits per heavy atom. The van der Waals surface area contributed by atoms with Gasteiger partial charge in [-0.05, 0) is 48.2 Å². The lowest BCUT2D eigenvalue weighted by Gasteiger charge is -2.14. The van der Waals surface area contributed by atoms with Gasteiger partial charge < -0.3 is 5.32 Å². The molecule has 0 saturated heterocycles. The molecule has 140 valence electrons. The van der Waals surface area contributed by atoms with Crippen LogP contribution in [0.4, 0.5) is 5.69 Å². The average Bonchev–Trinajstić information content (AvgIpc) is 3.08. The van der Waals surface area contributed by atoms with Gasteiger partial charge in [0.15, 0.2) is 0 Å². The maximum atomic E-state index is 11.0. The highest BCUT2D eigenvalue weighted by Gasteiger charge is 2.24. The number of nitrogens with zero attached hydrogens (tertiary/aromatic N) is 1. The number of benzene rings is 2. The number of amides is 1. The minimum absolute atomic E-state index is 0.420. The van der Waals surface area contributed by atoms with Crippen molar-refractivity contribution in [3.05, 3.63) is 71.3 Å². The van der Waals surface area contributed by atoms with E-state index in [4.69, 9.17) is 10.2 Å². The van der Waals surface area contributed by atoms with E-state index in [2.05, 4.69) is 30.4 Å². The van der Waals surface area contributed by atoms with Crippen LogP contribution in [0, 0.1) is 0 Å². The van der Waals surface area contributed by atoms with Gasteiger partial charge in [-0.3, -0.25) is 15.0 Å². The van der Waals surface area contributed by atoms with Crippen molar-refractivity contribution in [2.75, 3.05) is 6.54 Å². The van der Waals surface area contributed by atoms with Crippen LogP contribution in [0.15, 0.2) is 59.6 Å². The molecule has 0 fully saturated rings. The van der Waals surface area contributed by atoms with Crippen LogP contribution >= 0.6 is 0 Å². The molecule has 3 N–H and O–H groups in total. The fourth-order valence-corrected chi connectivity index (χ4v) is 3.38. The number of nitrogens with one attached hydrogen (secondary N) is 2. The molecule has 5 nitrogen and oxygen atoms in total. The van der Waals surface area contributed by atoms with Crippen LogP contribution in [0.2, 0.25) is 0 Å². The Morgan fingerprint density at radius 3 is 2.70 bits per heavy atom. The maximum Gasteiger partial charge on any atom is 0.267 e. The van der Waals surface area contributed by atoms with Crippen molar-refractivity contribution in [3.8, 4) is 0 Å². The second-order valence-electron chi connectivity index (χ2n) is 6.58. The monoisotopic (exact) mass is 363 g/mol. The summed E-state index contributed by atoms with van der Waals surface area (Å²) in [7, 11) is 0. The Balaban J connectivity index is 1.48. The van der Waals surface area contributed by atoms with Crippen LogP contribution in [-0.4, -0.2) is 23.4 Å². The van der Waals surface area contributed by atoms with Crippen LogP contribution in [0.1, 0.15) is 42.4 Å². The lowest BCUT2D eigenvalue weighted by molar-refractivity contribution is -0.124. The number of fused-ring (bicyclic) bond motifs is 1. The summed E-state index contributed by atoms with van der Waals surface area (Å²) in [5, 5.41) is 12.0. The van der Waals surface area contributed by atoms with E-state index in [1.165, 1.54) is 22.9 Å². The summed E-state index contributed by atoms with van der Waals surface area (Å²) in [5.74, 6) is -0.117. The van der Waals surface area contributed by atoms with Crippen LogP contribution < -0.4 is 10.8 Å². The first kappa shape index (κ1) is 19.0. The first-order chi connectivity index (χ1) is 13.2. The molecule has 0 aromatic heterocycles. The van der Waals surface area contributed by atoms with Crippen LogP contribution in [-0.2, 0) is 11.3 Å². The Labute approximate surface area is 159 Å². The molecule has 2 aromatic carbocycles. The highest BCUT2D eigenvalue weighted by Crippen LogP contribution is 2.37. The number of hydrogen-bond donors (Lipinski definition) is 3. The van der Waals surface area contributed by atoms with E-state index in [0.29, 0.717) is 5.92 Å². The molecule has 1 heterocycles. The van der Waals surface area contributed by atoms with Crippen molar-refractivity contribution < 1.29 is 10.0 Å². The zero-order chi connectivity index (χ0) is 19.1. The zero-order valence-corrected chi connectivity index (χ0v) is 15.5. The molecule has 0 aliphatic carbocycles. The molecular formula is C22H25N3O2. The van der Waals surface area contributed by atoms with E-state index in [1.807, 2.05) is 30.3 Å². The number of hydroxylamine groups is 1. The smallest absolute Gasteiger partial charge is 0.267 e. The fourth-order valence-electron chi connectivity index (χ4n) is 3.38. The SMILES string of the molecule is CCC1=Nc2ccccc2C1CCNCc1ccc(/C=C/C(=O)NO)cc1. The third kappa shape index (κ3) is 4.90. The predicted molar refractivity (Wildman–Crippen MR) is 108 cm³/mol. The van der Waals surface area contributed by atoms with Crippen molar-refractivity contribution in [1.82, 2.24) is 10.8 Å². The zero-order valence-electron chi connectivity index (χ0n) is 15.5. The van der Waals surface area contributed by atoms with Gasteiger partial charge >= 0.3 is 0 Å². The van der Waals surface area contributed by atoms with Crippen LogP contribution in [0.3, 0.4) is 0 Å². The molecule has 2 aromatic rings. The topological polar surface area (TPSA) is 73.7 Å². The Bertz CT molecular complexity index is 841. The van der Waals surface area contributed by atoms with Gasteiger partial charge in [-0.15, -0.1) is 0 Å². The minimum atomic E-state index is -0.538. The molecule has 0 bridgehead atoms. The highest BCUT2D eigenvalue weighted by molar-refractivity contribution is 5.97. The molecule has 1 unspecified atom stereocenters. The normalized spacial score (nSPS) is 15.6. The van der Waals surface area contributed by atoms with E-state index >= 15 is 0 Å². The number of hydrogen-bond acceptors (Lipinski definition) is 4. The fraction of sp³-hybridized carbons (Fsp3) is 0.273. The molecule has 0 radical (unpaired) electrons. The third-order valence-electron chi connectivity index (χ3n) is 4.80. The molecule has 3 rings (SSSR count). The molecule has 1 aliphatic rings. The van der Waals surface area contributed by atoms with Gasteiger partial charge in [0, 0.05) is 24.3 Å². The average molecular weight is 363 g/mol. The van der Waals surface area contributed by atoms with Gasteiger partial charge in [-0.1, -0.05) is 49.4 Å². The molecule has 5 heteroatoms. The first-order valence-corrected chi connectivity index (χ1v) is 9.29. The standard InChI is InChI=1S/C22H25N3O2/c1-2-20-19(18-5-3-4-6-21(18)24-20)13-14-23-15-17-9-7-16(8-10-17)11-12-22(26)25-27/h3-12,19,23,27H,2,13-15H2,1H3,(H,25,26)/b12-11+. The summed E-state index contributed by atoms with van der Waals surface area (Å²) >= 11 is 0. The summed E-state index contributed by atoms with van der Waals surface area (Å²) in [4.78, 5) is 15.8. The predicted octanol–water partition coefficient (Wildman–Crippen LogP) is 3.96. The lowest BCUT2D eigenvalue weighted by Crippen LogP contribution is -2.19. The van der Waals surface area contributed by atoms with E-state index in [9.17, 15) is 4.79 Å². The van der Waals surface area contributed by atoms with Gasteiger partial charge in [0.05, 0.1) is 5.69 Å². The van der Waals surface area contributed by atoms with Gasteiger partial charge in [-0.2, -0.15) is 0 Å². The summed E-state index contributed by atoms with van der Waals surface area (Å²) in [6.45, 7) is 3.90. The third-order valence-corrected chi connectivity index (χ3v) is 4.80. The quantitative estimate of drug-likeness (QED) is 0.288. The molecule has 1 atom stereocenters. The second-order valence-corrected chi connectivity index (χ2v) is 6.58. The summed E-state index contributed by atoms with van der Waals surface area (Å²) in [6.07, 6.45) is 4.98. The Morgan fingerprint density at radius 1 is 1.19 bits per heavy atom. The Kier molecular flexibility index (Phi) is 6.52. The van der Waals surface area contributed by atoms with Gasteiger partial charge in [0.25, 0.3) is 5.91 Å². The van der Waals surface area contributed by atoms with Crippen molar-refractivity contribution in [2.45, 2.75) is 32.2 Å². The van der Waals surface area contributed by atoms with Crippen LogP contribution in [0.5, 0.6) is 0 Å². The molecule has 0 saturated carbocycles. The van der Waals surface area contributed by atoms with E-state index < -0.39 is 5.91 Å². The number of para-hydroxylation sites is 1. The minimum Gasteiger partial charge on any atom is -0.313 e. The van der Waals surface area contributed by atoms with Crippen molar-refractivity contribution in [2.24, 2.45) is 4.99 Å². The molecule has 1 amide bonds. The summed E-state index contributed by atoms with van der Waals surface area (Å²) in [6, 6.07) is 16.4. The number of rotatable bonds is 8. The lowest BCUT2D eigenvalue weighted by atomic mass is 9.91. The van der Waals surface area contributed by atoms with Crippen molar-refractivity contribution in [1.29, 1.82) is 0 Å². The number of carbonyl (C=O) groups is 1. The number of carbonyl (C=O) groups excluding carboxylic acids is 1. The summed E-state index contributed by atoms with van der Waals surface area (Å²) in [5.41, 5.74) is 7.42. The van der Waals surface area contributed by atoms with Gasteiger partial charge in [0.1, 0.15) is 0 Å². The van der Waals surface area contributed by atoms with Gasteiger partial charge in [0.2, 0.25) is 0 Å². The van der Waals surface area contributed by atoms with Crippen molar-refractivity contribution in [3.63, 3.8) is 0 Å². The molecule has 27 heavy (non-hydrogen) atoms. The maximum absolute atomic E-state index is 11.0. The molecule has 0 spiro atoms. The van der Waals surface area contributed by atoms with Gasteiger partial charge in [-0.25, -0.2) is 5.48 Å². The highest BCUT2D eigenvalue weighted by atomic mass is 16.5. The van der Waals surface area contributed by atoms with E-state index in [-0.39, 0.29) is 0 Å². The van der Waals surface area contributed by atoms with E-state index in [0.717, 1.165) is 37.2 Å². The largest absolute Gasteiger partial charge is 0.313 e. The number of aliphatic imine (C=N–C) groups is 1. The first-order valence-electron chi connectivity index (χ1n) is 9.29. The van der Waals surface area contributed by atoms with Crippen molar-refractivity contribution >= 4 is 23.4 Å². The molecular weight excluding hydrogens is 338 g/mol. The second kappa shape index (κ2) is 9.26.